The first-order valence-electron chi connectivity index (χ1n) is 6.02. The van der Waals surface area contributed by atoms with Crippen molar-refractivity contribution in [3.8, 4) is 0 Å². The predicted molar refractivity (Wildman–Crippen MR) is 74.7 cm³/mol. The molecule has 0 aromatic heterocycles. The molecule has 1 aromatic carbocycles. The molecule has 0 radical (unpaired) electrons. The van der Waals surface area contributed by atoms with Crippen LogP contribution < -0.4 is 10.6 Å². The second kappa shape index (κ2) is 5.71. The Morgan fingerprint density at radius 1 is 1.39 bits per heavy atom. The molecule has 1 saturated heterocycles. The van der Waals surface area contributed by atoms with Crippen LogP contribution >= 0.6 is 15.9 Å². The average Bonchev–Trinajstić information content (AvgIpc) is 2.28. The Kier molecular flexibility index (Phi) is 4.24. The Hall–Kier alpha value is -1.07. The molecule has 18 heavy (non-hydrogen) atoms. The number of rotatable bonds is 3. The number of aliphatic carboxylic acids is 1. The molecule has 0 saturated carbocycles. The van der Waals surface area contributed by atoms with E-state index in [-0.39, 0.29) is 18.4 Å². The molecule has 1 fully saturated rings. The molecule has 0 bridgehead atoms. The van der Waals surface area contributed by atoms with Crippen LogP contribution in [0, 0.1) is 5.92 Å². The molecule has 1 aliphatic rings. The van der Waals surface area contributed by atoms with Crippen LogP contribution in [0.2, 0.25) is 0 Å². The highest BCUT2D eigenvalue weighted by Crippen LogP contribution is 2.25. The highest BCUT2D eigenvalue weighted by Gasteiger charge is 2.26. The van der Waals surface area contributed by atoms with Crippen LogP contribution in [0.15, 0.2) is 28.7 Å². The number of nitrogens with two attached hydrogens (primary N) is 1. The number of halogens is 1. The molecular formula is C13H17BrN2O2. The van der Waals surface area contributed by atoms with Crippen LogP contribution in [-0.4, -0.2) is 30.2 Å². The lowest BCUT2D eigenvalue weighted by Gasteiger charge is -2.37. The molecule has 3 N–H and O–H groups in total. The van der Waals surface area contributed by atoms with Gasteiger partial charge in [-0.3, -0.25) is 4.79 Å². The van der Waals surface area contributed by atoms with E-state index in [9.17, 15) is 4.79 Å². The van der Waals surface area contributed by atoms with E-state index in [1.807, 2.05) is 24.3 Å². The Labute approximate surface area is 115 Å². The fraction of sp³-hybridized carbons (Fsp3) is 0.462. The molecular weight excluding hydrogens is 296 g/mol. The monoisotopic (exact) mass is 312 g/mol. The first-order chi connectivity index (χ1) is 8.54. The molecule has 98 valence electrons. The quantitative estimate of drug-likeness (QED) is 0.896. The smallest absolute Gasteiger partial charge is 0.303 e. The second-order valence-electron chi connectivity index (χ2n) is 4.84. The Balaban J connectivity index is 2.08. The number of hydrogen-bond acceptors (Lipinski definition) is 3. The summed E-state index contributed by atoms with van der Waals surface area (Å²) in [5, 5.41) is 8.88. The van der Waals surface area contributed by atoms with Crippen LogP contribution in [0.4, 0.5) is 5.69 Å². The number of anilines is 1. The third kappa shape index (κ3) is 3.46. The zero-order valence-electron chi connectivity index (χ0n) is 10.1. The summed E-state index contributed by atoms with van der Waals surface area (Å²) in [4.78, 5) is 13.0. The van der Waals surface area contributed by atoms with Gasteiger partial charge in [-0.1, -0.05) is 15.9 Å². The van der Waals surface area contributed by atoms with Crippen LogP contribution in [0.25, 0.3) is 0 Å². The molecule has 0 spiro atoms. The van der Waals surface area contributed by atoms with Gasteiger partial charge in [0.25, 0.3) is 0 Å². The first-order valence-corrected chi connectivity index (χ1v) is 6.82. The van der Waals surface area contributed by atoms with E-state index < -0.39 is 5.97 Å². The summed E-state index contributed by atoms with van der Waals surface area (Å²) in [5.74, 6) is -0.611. The lowest BCUT2D eigenvalue weighted by molar-refractivity contribution is -0.138. The second-order valence-corrected chi connectivity index (χ2v) is 5.76. The molecule has 0 aliphatic carbocycles. The van der Waals surface area contributed by atoms with Crippen LogP contribution in [0.3, 0.4) is 0 Å². The van der Waals surface area contributed by atoms with Crippen molar-refractivity contribution >= 4 is 27.6 Å². The van der Waals surface area contributed by atoms with Crippen molar-refractivity contribution in [1.82, 2.24) is 0 Å². The summed E-state index contributed by atoms with van der Waals surface area (Å²) in [5.41, 5.74) is 7.12. The van der Waals surface area contributed by atoms with E-state index in [4.69, 9.17) is 10.8 Å². The van der Waals surface area contributed by atoms with Gasteiger partial charge < -0.3 is 15.7 Å². The third-order valence-corrected chi connectivity index (χ3v) is 3.75. The number of nitrogens with zero attached hydrogens (tertiary/aromatic N) is 1. The van der Waals surface area contributed by atoms with E-state index >= 15 is 0 Å². The van der Waals surface area contributed by atoms with E-state index in [0.29, 0.717) is 0 Å². The van der Waals surface area contributed by atoms with Gasteiger partial charge in [0.1, 0.15) is 0 Å². The normalized spacial score (nSPS) is 24.0. The highest BCUT2D eigenvalue weighted by molar-refractivity contribution is 9.10. The maximum atomic E-state index is 10.8. The average molecular weight is 313 g/mol. The Morgan fingerprint density at radius 2 is 2.06 bits per heavy atom. The summed E-state index contributed by atoms with van der Waals surface area (Å²) in [6.07, 6.45) is 0.986. The Bertz CT molecular complexity index is 422. The van der Waals surface area contributed by atoms with Gasteiger partial charge in [0.2, 0.25) is 0 Å². The van der Waals surface area contributed by atoms with Gasteiger partial charge in [0.05, 0.1) is 0 Å². The number of carboxylic acid groups (broad SMARTS) is 1. The maximum Gasteiger partial charge on any atom is 0.303 e. The third-order valence-electron chi connectivity index (χ3n) is 3.22. The van der Waals surface area contributed by atoms with Crippen molar-refractivity contribution in [1.29, 1.82) is 0 Å². The SMILES string of the molecule is NC1CC(CC(=O)O)CN(c2ccc(Br)cc2)C1. The van der Waals surface area contributed by atoms with Crippen LogP contribution in [0.1, 0.15) is 12.8 Å². The molecule has 2 atom stereocenters. The minimum absolute atomic E-state index is 0.0479. The standard InChI is InChI=1S/C13H17BrN2O2/c14-10-1-3-12(4-2-10)16-7-9(6-13(17)18)5-11(15)8-16/h1-4,9,11H,5-8,15H2,(H,17,18). The van der Waals surface area contributed by atoms with Crippen molar-refractivity contribution in [2.45, 2.75) is 18.9 Å². The fourth-order valence-corrected chi connectivity index (χ4v) is 2.77. The van der Waals surface area contributed by atoms with E-state index in [1.165, 1.54) is 0 Å². The molecule has 1 heterocycles. The lowest BCUT2D eigenvalue weighted by Crippen LogP contribution is -2.47. The van der Waals surface area contributed by atoms with Crippen LogP contribution in [0.5, 0.6) is 0 Å². The summed E-state index contributed by atoms with van der Waals surface area (Å²) in [6.45, 7) is 1.55. The number of carboxylic acids is 1. The number of piperidine rings is 1. The van der Waals surface area contributed by atoms with Crippen LogP contribution in [-0.2, 0) is 4.79 Å². The summed E-state index contributed by atoms with van der Waals surface area (Å²) in [7, 11) is 0. The van der Waals surface area contributed by atoms with E-state index in [0.717, 1.165) is 29.7 Å². The summed E-state index contributed by atoms with van der Waals surface area (Å²) >= 11 is 3.40. The van der Waals surface area contributed by atoms with Crippen molar-refractivity contribution < 1.29 is 9.90 Å². The molecule has 5 heteroatoms. The maximum absolute atomic E-state index is 10.8. The molecule has 1 aromatic rings. The minimum atomic E-state index is -0.746. The topological polar surface area (TPSA) is 66.6 Å². The fourth-order valence-electron chi connectivity index (χ4n) is 2.50. The van der Waals surface area contributed by atoms with Crippen molar-refractivity contribution in [2.24, 2.45) is 11.7 Å². The van der Waals surface area contributed by atoms with E-state index in [2.05, 4.69) is 20.8 Å². The molecule has 0 amide bonds. The first kappa shape index (κ1) is 13.4. The van der Waals surface area contributed by atoms with Gasteiger partial charge in [-0.05, 0) is 36.6 Å². The van der Waals surface area contributed by atoms with Crippen molar-refractivity contribution in [2.75, 3.05) is 18.0 Å². The van der Waals surface area contributed by atoms with Gasteiger partial charge in [0, 0.05) is 35.7 Å². The predicted octanol–water partition coefficient (Wildman–Crippen LogP) is 2.08. The number of benzene rings is 1. The van der Waals surface area contributed by atoms with Gasteiger partial charge in [-0.2, -0.15) is 0 Å². The van der Waals surface area contributed by atoms with Gasteiger partial charge in [-0.15, -0.1) is 0 Å². The lowest BCUT2D eigenvalue weighted by atomic mass is 9.91. The molecule has 4 nitrogen and oxygen atoms in total. The zero-order valence-corrected chi connectivity index (χ0v) is 11.6. The molecule has 2 unspecified atom stereocenters. The number of hydrogen-bond donors (Lipinski definition) is 2. The molecule has 1 aliphatic heterocycles. The summed E-state index contributed by atoms with van der Waals surface area (Å²) in [6, 6.07) is 8.08. The van der Waals surface area contributed by atoms with E-state index in [1.54, 1.807) is 0 Å². The molecule has 2 rings (SSSR count). The summed E-state index contributed by atoms with van der Waals surface area (Å²) < 4.78 is 1.04. The van der Waals surface area contributed by atoms with Gasteiger partial charge in [-0.25, -0.2) is 0 Å². The van der Waals surface area contributed by atoms with Gasteiger partial charge >= 0.3 is 5.97 Å². The zero-order chi connectivity index (χ0) is 13.1. The minimum Gasteiger partial charge on any atom is -0.481 e. The van der Waals surface area contributed by atoms with Crippen molar-refractivity contribution in [3.63, 3.8) is 0 Å². The highest BCUT2D eigenvalue weighted by atomic mass is 79.9. The number of carbonyl (C=O) groups is 1. The van der Waals surface area contributed by atoms with Gasteiger partial charge in [0.15, 0.2) is 0 Å². The Morgan fingerprint density at radius 3 is 2.67 bits per heavy atom. The largest absolute Gasteiger partial charge is 0.481 e. The van der Waals surface area contributed by atoms with Crippen molar-refractivity contribution in [3.05, 3.63) is 28.7 Å².